The van der Waals surface area contributed by atoms with E-state index in [-0.39, 0.29) is 12.5 Å². The number of rotatable bonds is 6. The van der Waals surface area contributed by atoms with Crippen LogP contribution in [0.5, 0.6) is 0 Å². The van der Waals surface area contributed by atoms with Gasteiger partial charge in [-0.15, -0.1) is 0 Å². The maximum Gasteiger partial charge on any atom is 0.136 e. The molecule has 1 N–H and O–H groups in total. The molecule has 1 aromatic carbocycles. The van der Waals surface area contributed by atoms with Crippen LogP contribution in [-0.2, 0) is 13.2 Å². The van der Waals surface area contributed by atoms with E-state index in [2.05, 4.69) is 23.4 Å². The fourth-order valence-electron chi connectivity index (χ4n) is 2.82. The largest absolute Gasteiger partial charge is 0.388 e. The molecule has 0 radical (unpaired) electrons. The predicted octanol–water partition coefficient (Wildman–Crippen LogP) is 5.71. The minimum atomic E-state index is -0.129. The first kappa shape index (κ1) is 20.2. The van der Waals surface area contributed by atoms with Gasteiger partial charge in [-0.05, 0) is 42.7 Å². The van der Waals surface area contributed by atoms with Gasteiger partial charge in [-0.2, -0.15) is 0 Å². The Hall–Kier alpha value is -1.53. The summed E-state index contributed by atoms with van der Waals surface area (Å²) in [5.74, 6) is 0.848. The van der Waals surface area contributed by atoms with Gasteiger partial charge in [-0.1, -0.05) is 54.9 Å². The fraction of sp³-hybridized carbons (Fsp3) is 0.300. The average molecular weight is 422 g/mol. The number of pyridine rings is 1. The maximum atomic E-state index is 9.89. The van der Waals surface area contributed by atoms with Crippen molar-refractivity contribution < 1.29 is 5.11 Å². The second-order valence-electron chi connectivity index (χ2n) is 6.57. The molecular formula is C20H21Cl2N3OS. The Kier molecular flexibility index (Phi) is 6.48. The van der Waals surface area contributed by atoms with Crippen molar-refractivity contribution >= 4 is 35.0 Å². The van der Waals surface area contributed by atoms with Crippen molar-refractivity contribution in [1.82, 2.24) is 14.5 Å². The molecule has 0 unspecified atom stereocenters. The highest BCUT2D eigenvalue weighted by molar-refractivity contribution is 7.99. The lowest BCUT2D eigenvalue weighted by atomic mass is 10.1. The molecule has 0 bridgehead atoms. The van der Waals surface area contributed by atoms with Crippen molar-refractivity contribution in [1.29, 1.82) is 0 Å². The number of aryl methyl sites for hydroxylation is 1. The number of aliphatic hydroxyl groups excluding tert-OH is 1. The van der Waals surface area contributed by atoms with Gasteiger partial charge >= 0.3 is 0 Å². The number of benzene rings is 1. The van der Waals surface area contributed by atoms with E-state index in [1.807, 2.05) is 31.2 Å². The van der Waals surface area contributed by atoms with Gasteiger partial charge in [0.15, 0.2) is 0 Å². The molecule has 142 valence electrons. The number of aliphatic hydroxyl groups is 1. The fourth-order valence-corrected chi connectivity index (χ4v) is 4.74. The SMILES string of the molecule is Cc1ncccc1Cn1c(CO)nc(C(C)C)c1Sc1cc(Cl)cc(Cl)c1. The first-order valence-corrected chi connectivity index (χ1v) is 10.2. The quantitative estimate of drug-likeness (QED) is 0.553. The molecule has 3 aromatic rings. The Morgan fingerprint density at radius 3 is 2.48 bits per heavy atom. The standard InChI is InChI=1S/C20H21Cl2N3OS/c1-12(2)19-20(27-17-8-15(21)7-16(22)9-17)25(18(11-26)24-19)10-14-5-4-6-23-13(14)3/h4-9,12,26H,10-11H2,1-3H3. The van der Waals surface area contributed by atoms with Gasteiger partial charge in [0.05, 0.1) is 12.2 Å². The maximum absolute atomic E-state index is 9.89. The van der Waals surface area contributed by atoms with E-state index in [1.165, 1.54) is 0 Å². The van der Waals surface area contributed by atoms with Crippen molar-refractivity contribution in [2.45, 2.75) is 49.8 Å². The van der Waals surface area contributed by atoms with Crippen LogP contribution in [0.3, 0.4) is 0 Å². The van der Waals surface area contributed by atoms with Gasteiger partial charge in [-0.25, -0.2) is 4.98 Å². The molecule has 2 heterocycles. The van der Waals surface area contributed by atoms with Gasteiger partial charge in [0.25, 0.3) is 0 Å². The lowest BCUT2D eigenvalue weighted by Crippen LogP contribution is -2.08. The third kappa shape index (κ3) is 4.66. The number of imidazole rings is 1. The summed E-state index contributed by atoms with van der Waals surface area (Å²) in [5, 5.41) is 12.1. The second kappa shape index (κ2) is 8.65. The summed E-state index contributed by atoms with van der Waals surface area (Å²) in [6.07, 6.45) is 1.78. The molecule has 0 aliphatic carbocycles. The third-order valence-corrected chi connectivity index (χ3v) is 5.74. The van der Waals surface area contributed by atoms with Gasteiger partial charge in [0, 0.05) is 26.8 Å². The van der Waals surface area contributed by atoms with E-state index < -0.39 is 0 Å². The number of aromatic nitrogens is 3. The Morgan fingerprint density at radius 2 is 1.89 bits per heavy atom. The van der Waals surface area contributed by atoms with Crippen molar-refractivity contribution in [2.75, 3.05) is 0 Å². The molecule has 0 amide bonds. The molecule has 7 heteroatoms. The zero-order valence-electron chi connectivity index (χ0n) is 15.4. The summed E-state index contributed by atoms with van der Waals surface area (Å²) in [6, 6.07) is 9.45. The minimum absolute atomic E-state index is 0.129. The zero-order valence-corrected chi connectivity index (χ0v) is 17.7. The van der Waals surface area contributed by atoms with Crippen LogP contribution >= 0.6 is 35.0 Å². The van der Waals surface area contributed by atoms with Crippen molar-refractivity contribution in [3.05, 3.63) is 69.3 Å². The summed E-state index contributed by atoms with van der Waals surface area (Å²) in [5.41, 5.74) is 3.00. The van der Waals surface area contributed by atoms with Gasteiger partial charge in [0.2, 0.25) is 0 Å². The van der Waals surface area contributed by atoms with E-state index >= 15 is 0 Å². The topological polar surface area (TPSA) is 50.9 Å². The van der Waals surface area contributed by atoms with Crippen LogP contribution in [0.15, 0.2) is 46.5 Å². The molecule has 0 aliphatic rings. The highest BCUT2D eigenvalue weighted by Crippen LogP contribution is 2.37. The van der Waals surface area contributed by atoms with Crippen LogP contribution in [0, 0.1) is 6.92 Å². The third-order valence-electron chi connectivity index (χ3n) is 4.21. The summed E-state index contributed by atoms with van der Waals surface area (Å²) in [7, 11) is 0. The number of hydrogen-bond donors (Lipinski definition) is 1. The molecule has 0 saturated carbocycles. The molecule has 0 spiro atoms. The zero-order chi connectivity index (χ0) is 19.6. The van der Waals surface area contributed by atoms with Crippen LogP contribution in [0.25, 0.3) is 0 Å². The first-order valence-electron chi connectivity index (χ1n) is 8.63. The number of halogens is 2. The van der Waals surface area contributed by atoms with Crippen LogP contribution in [0.2, 0.25) is 10.0 Å². The lowest BCUT2D eigenvalue weighted by molar-refractivity contribution is 0.264. The smallest absolute Gasteiger partial charge is 0.136 e. The Balaban J connectivity index is 2.09. The van der Waals surface area contributed by atoms with Crippen molar-refractivity contribution in [2.24, 2.45) is 0 Å². The number of nitrogens with zero attached hydrogens (tertiary/aromatic N) is 3. The Bertz CT molecular complexity index is 936. The average Bonchev–Trinajstić information content (AvgIpc) is 2.94. The first-order chi connectivity index (χ1) is 12.9. The predicted molar refractivity (Wildman–Crippen MR) is 111 cm³/mol. The van der Waals surface area contributed by atoms with Gasteiger partial charge in [-0.3, -0.25) is 4.98 Å². The van der Waals surface area contributed by atoms with E-state index in [0.29, 0.717) is 22.4 Å². The Labute approximate surface area is 173 Å². The van der Waals surface area contributed by atoms with Crippen LogP contribution in [-0.4, -0.2) is 19.6 Å². The van der Waals surface area contributed by atoms with Crippen LogP contribution in [0.4, 0.5) is 0 Å². The van der Waals surface area contributed by atoms with E-state index in [0.717, 1.165) is 26.9 Å². The van der Waals surface area contributed by atoms with E-state index in [4.69, 9.17) is 28.2 Å². The molecule has 27 heavy (non-hydrogen) atoms. The van der Waals surface area contributed by atoms with Gasteiger partial charge < -0.3 is 9.67 Å². The Morgan fingerprint density at radius 1 is 1.19 bits per heavy atom. The molecule has 2 aromatic heterocycles. The second-order valence-corrected chi connectivity index (χ2v) is 8.51. The summed E-state index contributed by atoms with van der Waals surface area (Å²) in [6.45, 7) is 6.63. The van der Waals surface area contributed by atoms with Crippen molar-refractivity contribution in [3.8, 4) is 0 Å². The normalized spacial score (nSPS) is 11.4. The van der Waals surface area contributed by atoms with Crippen molar-refractivity contribution in [3.63, 3.8) is 0 Å². The molecule has 0 saturated heterocycles. The van der Waals surface area contributed by atoms with E-state index in [1.54, 1.807) is 24.0 Å². The molecule has 0 aliphatic heterocycles. The van der Waals surface area contributed by atoms with Gasteiger partial charge in [0.1, 0.15) is 17.5 Å². The highest BCUT2D eigenvalue weighted by Gasteiger charge is 2.21. The summed E-state index contributed by atoms with van der Waals surface area (Å²) >= 11 is 13.9. The van der Waals surface area contributed by atoms with Crippen LogP contribution in [0.1, 0.15) is 42.5 Å². The minimum Gasteiger partial charge on any atom is -0.388 e. The number of hydrogen-bond acceptors (Lipinski definition) is 4. The molecule has 0 fully saturated rings. The van der Waals surface area contributed by atoms with E-state index in [9.17, 15) is 5.11 Å². The lowest BCUT2D eigenvalue weighted by Gasteiger charge is -2.14. The molecule has 3 rings (SSSR count). The molecule has 0 atom stereocenters. The monoisotopic (exact) mass is 421 g/mol. The molecular weight excluding hydrogens is 401 g/mol. The highest BCUT2D eigenvalue weighted by atomic mass is 35.5. The summed E-state index contributed by atoms with van der Waals surface area (Å²) < 4.78 is 2.05. The summed E-state index contributed by atoms with van der Waals surface area (Å²) in [4.78, 5) is 10.0. The molecule has 4 nitrogen and oxygen atoms in total. The van der Waals surface area contributed by atoms with Crippen LogP contribution < -0.4 is 0 Å².